The predicted octanol–water partition coefficient (Wildman–Crippen LogP) is 3.88. The zero-order valence-electron chi connectivity index (χ0n) is 10.9. The van der Waals surface area contributed by atoms with Crippen molar-refractivity contribution in [2.24, 2.45) is 0 Å². The van der Waals surface area contributed by atoms with Crippen molar-refractivity contribution in [3.05, 3.63) is 45.7 Å². The molecule has 21 heavy (non-hydrogen) atoms. The maximum atomic E-state index is 13.2. The van der Waals surface area contributed by atoms with E-state index in [0.29, 0.717) is 24.2 Å². The number of alkyl halides is 3. The smallest absolute Gasteiger partial charge is 0.288 e. The van der Waals surface area contributed by atoms with Gasteiger partial charge in [-0.15, -0.1) is 5.10 Å². The summed E-state index contributed by atoms with van der Waals surface area (Å²) in [5, 5.41) is 3.79. The molecule has 0 spiro atoms. The van der Waals surface area contributed by atoms with Gasteiger partial charge in [0.05, 0.1) is 11.3 Å². The maximum Gasteiger partial charge on any atom is 0.419 e. The van der Waals surface area contributed by atoms with E-state index in [-0.39, 0.29) is 10.4 Å². The van der Waals surface area contributed by atoms with Crippen LogP contribution in [0.15, 0.2) is 18.2 Å². The molecule has 8 heteroatoms. The monoisotopic (exact) mass is 318 g/mol. The molecular weight excluding hydrogens is 308 g/mol. The number of aromatic nitrogens is 2. The van der Waals surface area contributed by atoms with Gasteiger partial charge in [0.15, 0.2) is 0 Å². The molecule has 2 rings (SSSR count). The van der Waals surface area contributed by atoms with E-state index in [9.17, 15) is 22.4 Å². The van der Waals surface area contributed by atoms with E-state index in [1.807, 2.05) is 6.92 Å². The van der Waals surface area contributed by atoms with Gasteiger partial charge in [-0.05, 0) is 36.2 Å². The first-order valence-electron chi connectivity index (χ1n) is 6.07. The lowest BCUT2D eigenvalue weighted by Gasteiger charge is -2.09. The summed E-state index contributed by atoms with van der Waals surface area (Å²) in [6.45, 7) is 1.88. The molecule has 1 heterocycles. The second-order valence-electron chi connectivity index (χ2n) is 4.32. The van der Waals surface area contributed by atoms with Crippen LogP contribution in [-0.2, 0) is 12.6 Å². The van der Waals surface area contributed by atoms with Crippen molar-refractivity contribution >= 4 is 17.3 Å². The quantitative estimate of drug-likeness (QED) is 0.635. The predicted molar refractivity (Wildman–Crippen MR) is 68.7 cm³/mol. The van der Waals surface area contributed by atoms with Crippen molar-refractivity contribution in [2.75, 3.05) is 0 Å². The highest BCUT2D eigenvalue weighted by Crippen LogP contribution is 2.32. The van der Waals surface area contributed by atoms with Gasteiger partial charge in [-0.1, -0.05) is 17.8 Å². The summed E-state index contributed by atoms with van der Waals surface area (Å²) >= 11 is 0.824. The van der Waals surface area contributed by atoms with Crippen molar-refractivity contribution in [3.63, 3.8) is 0 Å². The van der Waals surface area contributed by atoms with Gasteiger partial charge < -0.3 is 0 Å². The Balaban J connectivity index is 2.42. The van der Waals surface area contributed by atoms with Crippen LogP contribution < -0.4 is 0 Å². The van der Waals surface area contributed by atoms with E-state index >= 15 is 0 Å². The van der Waals surface area contributed by atoms with Gasteiger partial charge in [-0.25, -0.2) is 4.39 Å². The van der Waals surface area contributed by atoms with Crippen LogP contribution in [0.3, 0.4) is 0 Å². The highest BCUT2D eigenvalue weighted by molar-refractivity contribution is 7.08. The molecule has 0 bridgehead atoms. The Morgan fingerprint density at radius 3 is 2.67 bits per heavy atom. The Kier molecular flexibility index (Phi) is 4.36. The number of rotatable bonds is 4. The van der Waals surface area contributed by atoms with E-state index in [1.54, 1.807) is 0 Å². The number of ketones is 1. The molecule has 0 saturated carbocycles. The minimum absolute atomic E-state index is 0.191. The maximum absolute atomic E-state index is 13.2. The van der Waals surface area contributed by atoms with Gasteiger partial charge in [0.25, 0.3) is 0 Å². The molecule has 0 radical (unpaired) electrons. The normalized spacial score (nSPS) is 11.7. The molecule has 0 unspecified atom stereocenters. The molecule has 0 aliphatic heterocycles. The fraction of sp³-hybridized carbons (Fsp3) is 0.308. The second-order valence-corrected chi connectivity index (χ2v) is 5.07. The van der Waals surface area contributed by atoms with E-state index < -0.39 is 23.3 Å². The fourth-order valence-electron chi connectivity index (χ4n) is 1.80. The first-order valence-corrected chi connectivity index (χ1v) is 6.84. The van der Waals surface area contributed by atoms with Gasteiger partial charge in [0.1, 0.15) is 10.7 Å². The third-order valence-electron chi connectivity index (χ3n) is 2.78. The van der Waals surface area contributed by atoms with Crippen LogP contribution >= 0.6 is 11.5 Å². The Hall–Kier alpha value is -1.83. The van der Waals surface area contributed by atoms with E-state index in [0.717, 1.165) is 24.0 Å². The van der Waals surface area contributed by atoms with Crippen LogP contribution in [0.5, 0.6) is 0 Å². The summed E-state index contributed by atoms with van der Waals surface area (Å²) in [7, 11) is 0. The van der Waals surface area contributed by atoms with Crippen LogP contribution in [0.2, 0.25) is 0 Å². The van der Waals surface area contributed by atoms with E-state index in [4.69, 9.17) is 0 Å². The molecule has 2 aromatic rings. The van der Waals surface area contributed by atoms with E-state index in [2.05, 4.69) is 9.59 Å². The third kappa shape index (κ3) is 3.26. The van der Waals surface area contributed by atoms with Gasteiger partial charge in [-0.2, -0.15) is 13.2 Å². The molecule has 0 N–H and O–H groups in total. The van der Waals surface area contributed by atoms with Crippen molar-refractivity contribution in [2.45, 2.75) is 25.9 Å². The lowest BCUT2D eigenvalue weighted by atomic mass is 10.0. The highest BCUT2D eigenvalue weighted by Gasteiger charge is 2.35. The van der Waals surface area contributed by atoms with Crippen LogP contribution in [0.1, 0.15) is 39.8 Å². The Morgan fingerprint density at radius 1 is 1.33 bits per heavy atom. The molecular formula is C13H10F4N2OS. The average molecular weight is 318 g/mol. The summed E-state index contributed by atoms with van der Waals surface area (Å²) < 4.78 is 54.9. The van der Waals surface area contributed by atoms with Crippen LogP contribution in [0.4, 0.5) is 17.6 Å². The van der Waals surface area contributed by atoms with Crippen molar-refractivity contribution in [1.82, 2.24) is 9.59 Å². The van der Waals surface area contributed by atoms with Crippen molar-refractivity contribution in [1.29, 1.82) is 0 Å². The Bertz CT molecular complexity index is 666. The Morgan fingerprint density at radius 2 is 2.05 bits per heavy atom. The lowest BCUT2D eigenvalue weighted by Crippen LogP contribution is -2.11. The molecule has 3 nitrogen and oxygen atoms in total. The summed E-state index contributed by atoms with van der Waals surface area (Å²) in [6.07, 6.45) is -3.62. The van der Waals surface area contributed by atoms with Gasteiger partial charge in [0, 0.05) is 5.56 Å². The number of carbonyl (C=O) groups excluding carboxylic acids is 1. The van der Waals surface area contributed by atoms with Gasteiger partial charge >= 0.3 is 6.18 Å². The first-order chi connectivity index (χ1) is 9.84. The zero-order valence-corrected chi connectivity index (χ0v) is 11.7. The molecule has 0 fully saturated rings. The number of halogens is 4. The summed E-state index contributed by atoms with van der Waals surface area (Å²) in [5.41, 5.74) is -1.24. The topological polar surface area (TPSA) is 42.9 Å². The summed E-state index contributed by atoms with van der Waals surface area (Å²) in [4.78, 5) is 12.4. The molecule has 0 atom stereocenters. The number of hydrogen-bond acceptors (Lipinski definition) is 4. The number of carbonyl (C=O) groups is 1. The zero-order chi connectivity index (χ0) is 15.6. The molecule has 112 valence electrons. The fourth-order valence-corrected chi connectivity index (χ4v) is 2.47. The third-order valence-corrected chi connectivity index (χ3v) is 3.55. The molecule has 0 saturated heterocycles. The summed E-state index contributed by atoms with van der Waals surface area (Å²) in [5.74, 6) is -2.03. The first kappa shape index (κ1) is 15.6. The van der Waals surface area contributed by atoms with Crippen LogP contribution in [0.25, 0.3) is 0 Å². The number of nitrogens with zero attached hydrogens (tertiary/aromatic N) is 2. The van der Waals surface area contributed by atoms with E-state index in [1.165, 1.54) is 0 Å². The second kappa shape index (κ2) is 5.88. The van der Waals surface area contributed by atoms with Crippen LogP contribution in [-0.4, -0.2) is 15.4 Å². The average Bonchev–Trinajstić information content (AvgIpc) is 2.86. The minimum atomic E-state index is -4.85. The standard InChI is InChI=1S/C13H10F4N2OS/c1-2-3-10-12(21-19-18-10)11(20)7-4-5-9(14)8(6-7)13(15,16)17/h4-6H,2-3H2,1H3. The minimum Gasteiger partial charge on any atom is -0.288 e. The van der Waals surface area contributed by atoms with Crippen molar-refractivity contribution in [3.8, 4) is 0 Å². The Labute approximate surface area is 121 Å². The van der Waals surface area contributed by atoms with Gasteiger partial charge in [0.2, 0.25) is 5.78 Å². The van der Waals surface area contributed by atoms with Crippen molar-refractivity contribution < 1.29 is 22.4 Å². The molecule has 1 aromatic carbocycles. The molecule has 0 aliphatic rings. The molecule has 0 aliphatic carbocycles. The highest BCUT2D eigenvalue weighted by atomic mass is 32.1. The van der Waals surface area contributed by atoms with Gasteiger partial charge in [-0.3, -0.25) is 4.79 Å². The largest absolute Gasteiger partial charge is 0.419 e. The molecule has 0 amide bonds. The number of hydrogen-bond donors (Lipinski definition) is 0. The lowest BCUT2D eigenvalue weighted by molar-refractivity contribution is -0.140. The molecule has 1 aromatic heterocycles. The SMILES string of the molecule is CCCc1nnsc1C(=O)c1ccc(F)c(C(F)(F)F)c1. The summed E-state index contributed by atoms with van der Waals surface area (Å²) in [6, 6.07) is 2.19. The number of aryl methyl sites for hydroxylation is 1. The number of benzene rings is 1. The van der Waals surface area contributed by atoms with Crippen LogP contribution in [0, 0.1) is 5.82 Å².